The van der Waals surface area contributed by atoms with Crippen LogP contribution >= 0.6 is 23.1 Å². The van der Waals surface area contributed by atoms with Crippen LogP contribution in [0.5, 0.6) is 0 Å². The predicted octanol–water partition coefficient (Wildman–Crippen LogP) is 3.20. The molecular weight excluding hydrogens is 366 g/mol. The average Bonchev–Trinajstić information content (AvgIpc) is 3.33. The largest absolute Gasteiger partial charge is 0.345 e. The van der Waals surface area contributed by atoms with E-state index in [2.05, 4.69) is 34.5 Å². The normalized spacial score (nSPS) is 15.0. The fourth-order valence-electron chi connectivity index (χ4n) is 3.07. The van der Waals surface area contributed by atoms with Crippen molar-refractivity contribution in [1.29, 1.82) is 0 Å². The third kappa shape index (κ3) is 3.31. The summed E-state index contributed by atoms with van der Waals surface area (Å²) in [7, 11) is 0. The summed E-state index contributed by atoms with van der Waals surface area (Å²) in [6.07, 6.45) is 3.94. The Kier molecular flexibility index (Phi) is 4.86. The topological polar surface area (TPSA) is 54.3 Å². The number of nitrogens with zero attached hydrogens (tertiary/aromatic N) is 5. The van der Waals surface area contributed by atoms with Gasteiger partial charge < -0.3 is 9.80 Å². The van der Waals surface area contributed by atoms with Crippen molar-refractivity contribution in [2.24, 2.45) is 0 Å². The number of aromatic nitrogens is 3. The lowest BCUT2D eigenvalue weighted by atomic mass is 10.3. The van der Waals surface area contributed by atoms with E-state index in [1.165, 1.54) is 9.60 Å². The zero-order valence-electron chi connectivity index (χ0n) is 14.9. The number of fused-ring (bicyclic) bond motifs is 1. The summed E-state index contributed by atoms with van der Waals surface area (Å²) in [4.78, 5) is 22.8. The molecule has 8 heteroatoms. The highest BCUT2D eigenvalue weighted by Gasteiger charge is 2.25. The van der Waals surface area contributed by atoms with Crippen molar-refractivity contribution >= 4 is 44.4 Å². The minimum Gasteiger partial charge on any atom is -0.345 e. The molecule has 0 spiro atoms. The number of benzene rings is 1. The first-order valence-electron chi connectivity index (χ1n) is 8.70. The monoisotopic (exact) mass is 387 g/mol. The first-order chi connectivity index (χ1) is 12.7. The Hall–Kier alpha value is -2.06. The number of anilines is 1. The number of rotatable bonds is 4. The van der Waals surface area contributed by atoms with E-state index in [1.807, 2.05) is 18.0 Å². The van der Waals surface area contributed by atoms with Gasteiger partial charge in [0.05, 0.1) is 10.2 Å². The zero-order chi connectivity index (χ0) is 18.1. The minimum atomic E-state index is 0.0192. The molecular formula is C18H21N5OS2. The number of aryl methyl sites for hydroxylation is 1. The van der Waals surface area contributed by atoms with Crippen LogP contribution in [-0.2, 0) is 6.54 Å². The van der Waals surface area contributed by atoms with Crippen LogP contribution in [0.4, 0.5) is 5.13 Å². The summed E-state index contributed by atoms with van der Waals surface area (Å²) in [6, 6.07) is 8.20. The molecule has 3 heterocycles. The highest BCUT2D eigenvalue weighted by molar-refractivity contribution is 7.98. The molecule has 4 rings (SSSR count). The Morgan fingerprint density at radius 1 is 1.23 bits per heavy atom. The lowest BCUT2D eigenvalue weighted by Gasteiger charge is -2.34. The number of carbonyl (C=O) groups is 1. The van der Waals surface area contributed by atoms with E-state index in [1.54, 1.807) is 33.8 Å². The summed E-state index contributed by atoms with van der Waals surface area (Å²) < 4.78 is 3.00. The molecule has 0 bridgehead atoms. The second-order valence-corrected chi connectivity index (χ2v) is 8.05. The quantitative estimate of drug-likeness (QED) is 0.644. The summed E-state index contributed by atoms with van der Waals surface area (Å²) in [5.74, 6) is 0.0192. The third-order valence-electron chi connectivity index (χ3n) is 4.61. The number of thioether (sulfide) groups is 1. The molecule has 0 radical (unpaired) electrons. The van der Waals surface area contributed by atoms with E-state index in [0.717, 1.165) is 30.3 Å². The van der Waals surface area contributed by atoms with Gasteiger partial charge in [0.25, 0.3) is 5.91 Å². The fraction of sp³-hybridized carbons (Fsp3) is 0.389. The van der Waals surface area contributed by atoms with E-state index in [4.69, 9.17) is 4.98 Å². The summed E-state index contributed by atoms with van der Waals surface area (Å²) in [5, 5.41) is 5.37. The van der Waals surface area contributed by atoms with Crippen LogP contribution < -0.4 is 4.90 Å². The molecule has 1 fully saturated rings. The molecule has 0 atom stereocenters. The molecule has 2 aromatic heterocycles. The number of hydrogen-bond acceptors (Lipinski definition) is 6. The number of thiazole rings is 1. The summed E-state index contributed by atoms with van der Waals surface area (Å²) >= 11 is 3.47. The molecule has 1 saturated heterocycles. The molecule has 1 amide bonds. The Bertz CT molecular complexity index is 927. The standard InChI is InChI=1S/C18H21N5OS2/c1-3-23-7-6-15(20-23)17(24)21-8-10-22(11-9-21)18-19-14-5-4-13(25-2)12-16(14)26-18/h4-7,12H,3,8-11H2,1-2H3. The van der Waals surface area contributed by atoms with Crippen LogP contribution in [-0.4, -0.2) is 58.0 Å². The van der Waals surface area contributed by atoms with Crippen molar-refractivity contribution in [3.8, 4) is 0 Å². The Morgan fingerprint density at radius 2 is 2.04 bits per heavy atom. The number of hydrogen-bond donors (Lipinski definition) is 0. The molecule has 26 heavy (non-hydrogen) atoms. The van der Waals surface area contributed by atoms with Gasteiger partial charge >= 0.3 is 0 Å². The minimum absolute atomic E-state index is 0.0192. The van der Waals surface area contributed by atoms with E-state index >= 15 is 0 Å². The highest BCUT2D eigenvalue weighted by atomic mass is 32.2. The summed E-state index contributed by atoms with van der Waals surface area (Å²) in [6.45, 7) is 5.79. The Labute approximate surface area is 160 Å². The molecule has 1 aliphatic rings. The highest BCUT2D eigenvalue weighted by Crippen LogP contribution is 2.32. The number of amides is 1. The third-order valence-corrected chi connectivity index (χ3v) is 6.41. The van der Waals surface area contributed by atoms with Gasteiger partial charge in [0.15, 0.2) is 5.13 Å². The Balaban J connectivity index is 1.43. The second kappa shape index (κ2) is 7.28. The maximum atomic E-state index is 12.6. The van der Waals surface area contributed by atoms with Crippen LogP contribution in [0.1, 0.15) is 17.4 Å². The maximum Gasteiger partial charge on any atom is 0.274 e. The molecule has 1 aliphatic heterocycles. The molecule has 136 valence electrons. The number of carbonyl (C=O) groups excluding carboxylic acids is 1. The smallest absolute Gasteiger partial charge is 0.274 e. The molecule has 6 nitrogen and oxygen atoms in total. The van der Waals surface area contributed by atoms with Gasteiger partial charge in [0, 0.05) is 43.8 Å². The van der Waals surface area contributed by atoms with Gasteiger partial charge in [-0.05, 0) is 37.4 Å². The van der Waals surface area contributed by atoms with Gasteiger partial charge in [-0.2, -0.15) is 5.10 Å². The van der Waals surface area contributed by atoms with E-state index in [9.17, 15) is 4.79 Å². The zero-order valence-corrected chi connectivity index (χ0v) is 16.5. The van der Waals surface area contributed by atoms with Crippen molar-refractivity contribution in [2.45, 2.75) is 18.4 Å². The van der Waals surface area contributed by atoms with E-state index in [-0.39, 0.29) is 5.91 Å². The van der Waals surface area contributed by atoms with Gasteiger partial charge in [-0.1, -0.05) is 11.3 Å². The van der Waals surface area contributed by atoms with E-state index < -0.39 is 0 Å². The van der Waals surface area contributed by atoms with Gasteiger partial charge in [-0.3, -0.25) is 9.48 Å². The van der Waals surface area contributed by atoms with Crippen molar-refractivity contribution in [1.82, 2.24) is 19.7 Å². The maximum absolute atomic E-state index is 12.6. The van der Waals surface area contributed by atoms with Crippen LogP contribution in [0.2, 0.25) is 0 Å². The molecule has 3 aromatic rings. The fourth-order valence-corrected chi connectivity index (χ4v) is 4.64. The molecule has 0 saturated carbocycles. The molecule has 1 aromatic carbocycles. The molecule has 0 N–H and O–H groups in total. The lowest BCUT2D eigenvalue weighted by molar-refractivity contribution is 0.0740. The predicted molar refractivity (Wildman–Crippen MR) is 107 cm³/mol. The van der Waals surface area contributed by atoms with Gasteiger partial charge in [0.2, 0.25) is 0 Å². The summed E-state index contributed by atoms with van der Waals surface area (Å²) in [5.41, 5.74) is 1.58. The van der Waals surface area contributed by atoms with Gasteiger partial charge in [-0.25, -0.2) is 4.98 Å². The van der Waals surface area contributed by atoms with Crippen LogP contribution in [0.3, 0.4) is 0 Å². The Morgan fingerprint density at radius 3 is 2.73 bits per heavy atom. The van der Waals surface area contributed by atoms with Crippen molar-refractivity contribution in [3.63, 3.8) is 0 Å². The first-order valence-corrected chi connectivity index (χ1v) is 10.7. The van der Waals surface area contributed by atoms with Crippen LogP contribution in [0.15, 0.2) is 35.4 Å². The lowest BCUT2D eigenvalue weighted by Crippen LogP contribution is -2.48. The van der Waals surface area contributed by atoms with Crippen molar-refractivity contribution in [3.05, 3.63) is 36.2 Å². The molecule has 0 aliphatic carbocycles. The SMILES string of the molecule is CCn1ccc(C(=O)N2CCN(c3nc4ccc(SC)cc4s3)CC2)n1. The van der Waals surface area contributed by atoms with Crippen LogP contribution in [0.25, 0.3) is 10.2 Å². The number of piperazine rings is 1. The molecule has 0 unspecified atom stereocenters. The van der Waals surface area contributed by atoms with Crippen LogP contribution in [0, 0.1) is 0 Å². The van der Waals surface area contributed by atoms with Gasteiger partial charge in [0.1, 0.15) is 5.69 Å². The van der Waals surface area contributed by atoms with E-state index in [0.29, 0.717) is 18.8 Å². The van der Waals surface area contributed by atoms with Crippen molar-refractivity contribution in [2.75, 3.05) is 37.3 Å². The van der Waals surface area contributed by atoms with Crippen molar-refractivity contribution < 1.29 is 4.79 Å². The van der Waals surface area contributed by atoms with Gasteiger partial charge in [-0.15, -0.1) is 11.8 Å². The average molecular weight is 388 g/mol. The first kappa shape index (κ1) is 17.4. The second-order valence-electron chi connectivity index (χ2n) is 6.17.